The van der Waals surface area contributed by atoms with Gasteiger partial charge in [-0.1, -0.05) is 43.6 Å². The van der Waals surface area contributed by atoms with E-state index in [0.717, 1.165) is 6.42 Å². The van der Waals surface area contributed by atoms with Crippen LogP contribution in [0.2, 0.25) is 5.02 Å². The molecule has 12 heteroatoms. The summed E-state index contributed by atoms with van der Waals surface area (Å²) in [4.78, 5) is 13.0. The zero-order chi connectivity index (χ0) is 28.4. The molecule has 0 aliphatic carbocycles. The van der Waals surface area contributed by atoms with Gasteiger partial charge in [-0.3, -0.25) is 9.52 Å². The normalized spacial score (nSPS) is 18.4. The molecule has 3 aromatic carbocycles. The Bertz CT molecular complexity index is 1580. The lowest BCUT2D eigenvalue weighted by molar-refractivity contribution is 0.102. The Labute approximate surface area is 234 Å². The van der Waals surface area contributed by atoms with Crippen molar-refractivity contribution in [2.45, 2.75) is 30.1 Å². The van der Waals surface area contributed by atoms with Gasteiger partial charge in [0, 0.05) is 24.7 Å². The van der Waals surface area contributed by atoms with Crippen molar-refractivity contribution >= 4 is 48.9 Å². The predicted octanol–water partition coefficient (Wildman–Crippen LogP) is 5.07. The maximum Gasteiger partial charge on any atom is 0.264 e. The number of carbonyl (C=O) groups excluding carboxylic acids is 1. The van der Waals surface area contributed by atoms with Gasteiger partial charge in [0.05, 0.1) is 28.4 Å². The van der Waals surface area contributed by atoms with E-state index in [0.29, 0.717) is 13.1 Å². The van der Waals surface area contributed by atoms with Gasteiger partial charge in [-0.25, -0.2) is 16.8 Å². The fourth-order valence-corrected chi connectivity index (χ4v) is 7.86. The number of benzene rings is 3. The minimum absolute atomic E-state index is 0.000544. The van der Waals surface area contributed by atoms with E-state index in [9.17, 15) is 21.6 Å². The van der Waals surface area contributed by atoms with E-state index in [4.69, 9.17) is 16.3 Å². The third-order valence-corrected chi connectivity index (χ3v) is 9.98. The summed E-state index contributed by atoms with van der Waals surface area (Å²) in [7, 11) is -6.64. The molecule has 1 heterocycles. The van der Waals surface area contributed by atoms with Crippen molar-refractivity contribution in [1.82, 2.24) is 4.31 Å². The van der Waals surface area contributed by atoms with Crippen LogP contribution in [0.15, 0.2) is 76.5 Å². The highest BCUT2D eigenvalue weighted by atomic mass is 35.5. The molecule has 1 amide bonds. The second-order valence-electron chi connectivity index (χ2n) is 9.70. The summed E-state index contributed by atoms with van der Waals surface area (Å²) in [5, 5.41) is 2.80. The third kappa shape index (κ3) is 6.55. The van der Waals surface area contributed by atoms with Crippen molar-refractivity contribution in [3.8, 4) is 5.75 Å². The van der Waals surface area contributed by atoms with Crippen LogP contribution >= 0.6 is 11.6 Å². The molecule has 0 spiro atoms. The molecule has 1 aliphatic heterocycles. The van der Waals surface area contributed by atoms with Crippen molar-refractivity contribution in [3.05, 3.63) is 77.3 Å². The van der Waals surface area contributed by atoms with Crippen LogP contribution in [0.5, 0.6) is 5.75 Å². The molecule has 39 heavy (non-hydrogen) atoms. The number of ether oxygens (including phenoxy) is 1. The molecule has 4 rings (SSSR count). The van der Waals surface area contributed by atoms with Crippen LogP contribution in [0.4, 0.5) is 11.4 Å². The Kier molecular flexibility index (Phi) is 8.55. The second kappa shape index (κ2) is 11.5. The number of piperidine rings is 1. The number of amides is 1. The van der Waals surface area contributed by atoms with Gasteiger partial charge in [0.1, 0.15) is 10.6 Å². The lowest BCUT2D eigenvalue weighted by atomic mass is 9.94. The summed E-state index contributed by atoms with van der Waals surface area (Å²) in [5.41, 5.74) is 0.207. The topological polar surface area (TPSA) is 122 Å². The van der Waals surface area contributed by atoms with E-state index < -0.39 is 26.0 Å². The first-order valence-corrected chi connectivity index (χ1v) is 15.6. The van der Waals surface area contributed by atoms with E-state index >= 15 is 0 Å². The number of methoxy groups -OCH3 is 1. The van der Waals surface area contributed by atoms with Crippen LogP contribution in [0.3, 0.4) is 0 Å². The molecular weight excluding hydrogens is 562 g/mol. The fraction of sp³-hybridized carbons (Fsp3) is 0.296. The number of hydrogen-bond acceptors (Lipinski definition) is 6. The highest BCUT2D eigenvalue weighted by molar-refractivity contribution is 7.93. The van der Waals surface area contributed by atoms with E-state index in [1.165, 1.54) is 59.9 Å². The standard InChI is InChI=1S/C27H30ClN3O6S2/c1-18-13-19(2)17-31(16-18)39(35,36)22-8-6-7-20(14-22)27(32)29-25-12-11-21(37-3)15-26(25)38(33,34)30-24-10-5-4-9-23(24)28/h4-12,14-15,18-19,30H,13,16-17H2,1-3H3,(H,29,32)/t18-,19+. The zero-order valence-corrected chi connectivity index (χ0v) is 24.1. The molecule has 1 aliphatic rings. The second-order valence-corrected chi connectivity index (χ2v) is 13.7. The number of nitrogens with zero attached hydrogens (tertiary/aromatic N) is 1. The molecule has 0 aromatic heterocycles. The molecule has 208 valence electrons. The number of para-hydroxylation sites is 1. The Morgan fingerprint density at radius 3 is 2.28 bits per heavy atom. The van der Waals surface area contributed by atoms with Gasteiger partial charge in [0.15, 0.2) is 0 Å². The summed E-state index contributed by atoms with van der Waals surface area (Å²) in [5.74, 6) is 0.0343. The lowest BCUT2D eigenvalue weighted by Crippen LogP contribution is -2.42. The maximum atomic E-state index is 13.4. The van der Waals surface area contributed by atoms with Crippen LogP contribution in [-0.2, 0) is 20.0 Å². The summed E-state index contributed by atoms with van der Waals surface area (Å²) < 4.78 is 62.4. The van der Waals surface area contributed by atoms with Gasteiger partial charge in [-0.2, -0.15) is 4.31 Å². The fourth-order valence-electron chi connectivity index (χ4n) is 4.64. The van der Waals surface area contributed by atoms with Crippen LogP contribution in [0.25, 0.3) is 0 Å². The Balaban J connectivity index is 1.63. The highest BCUT2D eigenvalue weighted by Crippen LogP contribution is 2.31. The molecule has 0 bridgehead atoms. The predicted molar refractivity (Wildman–Crippen MR) is 151 cm³/mol. The summed E-state index contributed by atoms with van der Waals surface area (Å²) in [6, 6.07) is 16.2. The highest BCUT2D eigenvalue weighted by Gasteiger charge is 2.32. The smallest absolute Gasteiger partial charge is 0.264 e. The van der Waals surface area contributed by atoms with Crippen LogP contribution < -0.4 is 14.8 Å². The first-order valence-electron chi connectivity index (χ1n) is 12.3. The minimum Gasteiger partial charge on any atom is -0.497 e. The largest absolute Gasteiger partial charge is 0.497 e. The zero-order valence-electron chi connectivity index (χ0n) is 21.7. The van der Waals surface area contributed by atoms with Gasteiger partial charge in [0.2, 0.25) is 10.0 Å². The van der Waals surface area contributed by atoms with Crippen LogP contribution in [0, 0.1) is 11.8 Å². The summed E-state index contributed by atoms with van der Waals surface area (Å²) >= 11 is 6.13. The number of nitrogens with one attached hydrogen (secondary N) is 2. The quantitative estimate of drug-likeness (QED) is 0.377. The van der Waals surface area contributed by atoms with Crippen molar-refractivity contribution < 1.29 is 26.4 Å². The number of halogens is 1. The molecule has 9 nitrogen and oxygen atoms in total. The third-order valence-electron chi connectivity index (χ3n) is 6.41. The van der Waals surface area contributed by atoms with E-state index in [2.05, 4.69) is 10.0 Å². The van der Waals surface area contributed by atoms with E-state index in [1.54, 1.807) is 18.2 Å². The molecule has 3 aromatic rings. The summed E-state index contributed by atoms with van der Waals surface area (Å²) in [6.07, 6.45) is 0.951. The Hall–Kier alpha value is -3.12. The SMILES string of the molecule is COc1ccc(NC(=O)c2cccc(S(=O)(=O)N3C[C@H](C)C[C@H](C)C3)c2)c(S(=O)(=O)Nc2ccccc2Cl)c1. The molecular formula is C27H30ClN3O6S2. The molecule has 2 N–H and O–H groups in total. The van der Waals surface area contributed by atoms with Crippen molar-refractivity contribution in [2.75, 3.05) is 30.2 Å². The minimum atomic E-state index is -4.22. The van der Waals surface area contributed by atoms with Gasteiger partial charge in [-0.15, -0.1) is 0 Å². The average molecular weight is 592 g/mol. The molecule has 1 saturated heterocycles. The number of sulfonamides is 2. The Morgan fingerprint density at radius 2 is 1.62 bits per heavy atom. The van der Waals surface area contributed by atoms with E-state index in [1.807, 2.05) is 13.8 Å². The first-order chi connectivity index (χ1) is 18.4. The maximum absolute atomic E-state index is 13.4. The molecule has 0 radical (unpaired) electrons. The number of hydrogen-bond donors (Lipinski definition) is 2. The molecule has 0 unspecified atom stereocenters. The molecule has 2 atom stereocenters. The van der Waals surface area contributed by atoms with E-state index in [-0.39, 0.29) is 49.3 Å². The van der Waals surface area contributed by atoms with Crippen molar-refractivity contribution in [1.29, 1.82) is 0 Å². The average Bonchev–Trinajstić information content (AvgIpc) is 2.89. The van der Waals surface area contributed by atoms with Crippen molar-refractivity contribution in [2.24, 2.45) is 11.8 Å². The Morgan fingerprint density at radius 1 is 0.923 bits per heavy atom. The molecule has 0 saturated carbocycles. The summed E-state index contributed by atoms with van der Waals surface area (Å²) in [6.45, 7) is 4.86. The number of carbonyl (C=O) groups is 1. The van der Waals surface area contributed by atoms with Crippen LogP contribution in [-0.4, -0.2) is 47.2 Å². The van der Waals surface area contributed by atoms with Gasteiger partial charge < -0.3 is 10.1 Å². The van der Waals surface area contributed by atoms with Crippen LogP contribution in [0.1, 0.15) is 30.6 Å². The molecule has 1 fully saturated rings. The van der Waals surface area contributed by atoms with Gasteiger partial charge >= 0.3 is 0 Å². The number of rotatable bonds is 8. The van der Waals surface area contributed by atoms with Crippen molar-refractivity contribution in [3.63, 3.8) is 0 Å². The number of anilines is 2. The van der Waals surface area contributed by atoms with Gasteiger partial charge in [-0.05, 0) is 60.7 Å². The lowest BCUT2D eigenvalue weighted by Gasteiger charge is -2.34. The van der Waals surface area contributed by atoms with Gasteiger partial charge in [0.25, 0.3) is 15.9 Å². The first kappa shape index (κ1) is 28.9. The monoisotopic (exact) mass is 591 g/mol.